The average Bonchev–Trinajstić information content (AvgIpc) is 2.98. The summed E-state index contributed by atoms with van der Waals surface area (Å²) in [4.78, 5) is 2.41. The lowest BCUT2D eigenvalue weighted by molar-refractivity contribution is 0.0440. The maximum Gasteiger partial charge on any atom is 0.128 e. The first kappa shape index (κ1) is 12.4. The summed E-state index contributed by atoms with van der Waals surface area (Å²) in [7, 11) is 0. The molecule has 2 nitrogen and oxygen atoms in total. The van der Waals surface area contributed by atoms with E-state index in [1.807, 2.05) is 0 Å². The molecule has 2 saturated carbocycles. The normalized spacial score (nSPS) is 37.5. The molecule has 0 saturated heterocycles. The number of rotatable bonds is 1. The highest BCUT2D eigenvalue weighted by Crippen LogP contribution is 2.64. The molecule has 1 aliphatic heterocycles. The molecule has 0 radical (unpaired) electrons. The molecule has 106 valence electrons. The van der Waals surface area contributed by atoms with Crippen molar-refractivity contribution in [2.24, 2.45) is 16.7 Å². The van der Waals surface area contributed by atoms with Crippen LogP contribution >= 0.6 is 0 Å². The maximum absolute atomic E-state index is 8.62. The van der Waals surface area contributed by atoms with Gasteiger partial charge in [-0.2, -0.15) is 0 Å². The van der Waals surface area contributed by atoms with Gasteiger partial charge < -0.3 is 4.90 Å². The first-order valence-corrected chi connectivity index (χ1v) is 7.87. The summed E-state index contributed by atoms with van der Waals surface area (Å²) in [6.45, 7) is 8.26. The van der Waals surface area contributed by atoms with Crippen LogP contribution in [0.2, 0.25) is 0 Å². The van der Waals surface area contributed by atoms with Crippen molar-refractivity contribution in [3.8, 4) is 0 Å². The number of hydrogen-bond acceptors (Lipinski definition) is 1. The molecule has 0 spiro atoms. The Balaban J connectivity index is 1.75. The number of amidine groups is 1. The van der Waals surface area contributed by atoms with Gasteiger partial charge in [-0.1, -0.05) is 45.0 Å². The quantitative estimate of drug-likeness (QED) is 0.817. The van der Waals surface area contributed by atoms with Crippen molar-refractivity contribution >= 4 is 5.84 Å². The summed E-state index contributed by atoms with van der Waals surface area (Å²) < 4.78 is 0. The highest BCUT2D eigenvalue weighted by Gasteiger charge is 2.62. The first-order chi connectivity index (χ1) is 9.43. The molecule has 1 aromatic carbocycles. The third-order valence-corrected chi connectivity index (χ3v) is 6.41. The summed E-state index contributed by atoms with van der Waals surface area (Å²) in [6, 6.07) is 8.98. The van der Waals surface area contributed by atoms with Crippen LogP contribution < -0.4 is 0 Å². The van der Waals surface area contributed by atoms with Crippen molar-refractivity contribution in [1.82, 2.24) is 4.90 Å². The molecule has 0 amide bonds. The lowest BCUT2D eigenvalue weighted by Gasteiger charge is -2.48. The molecule has 3 unspecified atom stereocenters. The fourth-order valence-corrected chi connectivity index (χ4v) is 5.58. The Morgan fingerprint density at radius 2 is 1.95 bits per heavy atom. The van der Waals surface area contributed by atoms with Crippen molar-refractivity contribution in [2.75, 3.05) is 0 Å². The van der Waals surface area contributed by atoms with Gasteiger partial charge in [0.1, 0.15) is 5.84 Å². The molecule has 20 heavy (non-hydrogen) atoms. The third kappa shape index (κ3) is 1.37. The van der Waals surface area contributed by atoms with Crippen molar-refractivity contribution < 1.29 is 0 Å². The van der Waals surface area contributed by atoms with Crippen LogP contribution in [0.25, 0.3) is 0 Å². The maximum atomic E-state index is 8.62. The second kappa shape index (κ2) is 3.66. The van der Waals surface area contributed by atoms with Crippen molar-refractivity contribution in [1.29, 1.82) is 5.41 Å². The van der Waals surface area contributed by atoms with Gasteiger partial charge in [0.25, 0.3) is 0 Å². The van der Waals surface area contributed by atoms with E-state index in [1.165, 1.54) is 24.8 Å². The molecular weight excluding hydrogens is 244 g/mol. The van der Waals surface area contributed by atoms with Crippen molar-refractivity contribution in [3.05, 3.63) is 35.4 Å². The van der Waals surface area contributed by atoms with Crippen LogP contribution in [-0.4, -0.2) is 16.8 Å². The van der Waals surface area contributed by atoms with Crippen LogP contribution in [0.3, 0.4) is 0 Å². The standard InChI is InChI=1S/C18H24N2/c1-17(2)13-8-9-18(3,10-13)16(17)20-11-12-6-4-5-7-14(12)15(20)19/h4-7,13,16,19H,8-11H2,1-3H3. The van der Waals surface area contributed by atoms with E-state index >= 15 is 0 Å². The Morgan fingerprint density at radius 1 is 1.20 bits per heavy atom. The predicted octanol–water partition coefficient (Wildman–Crippen LogP) is 4.04. The Hall–Kier alpha value is -1.31. The van der Waals surface area contributed by atoms with Gasteiger partial charge >= 0.3 is 0 Å². The zero-order valence-electron chi connectivity index (χ0n) is 12.7. The average molecular weight is 268 g/mol. The summed E-state index contributed by atoms with van der Waals surface area (Å²) in [5.74, 6) is 1.60. The topological polar surface area (TPSA) is 27.1 Å². The Labute approximate surface area is 121 Å². The summed E-state index contributed by atoms with van der Waals surface area (Å²) in [6.07, 6.45) is 4.07. The second-order valence-electron chi connectivity index (χ2n) is 7.95. The van der Waals surface area contributed by atoms with Gasteiger partial charge in [0.2, 0.25) is 0 Å². The molecule has 4 rings (SSSR count). The van der Waals surface area contributed by atoms with E-state index in [0.29, 0.717) is 16.9 Å². The lowest BCUT2D eigenvalue weighted by Crippen LogP contribution is -2.52. The minimum atomic E-state index is 0.335. The fourth-order valence-electron chi connectivity index (χ4n) is 5.58. The van der Waals surface area contributed by atoms with E-state index < -0.39 is 0 Å². The Kier molecular flexibility index (Phi) is 2.28. The van der Waals surface area contributed by atoms with Gasteiger partial charge in [-0.25, -0.2) is 0 Å². The minimum Gasteiger partial charge on any atom is -0.348 e. The zero-order chi connectivity index (χ0) is 14.1. The number of nitrogens with one attached hydrogen (secondary N) is 1. The number of benzene rings is 1. The molecule has 1 N–H and O–H groups in total. The largest absolute Gasteiger partial charge is 0.348 e. The summed E-state index contributed by atoms with van der Waals surface area (Å²) in [5, 5.41) is 8.62. The van der Waals surface area contributed by atoms with E-state index in [9.17, 15) is 0 Å². The molecule has 3 atom stereocenters. The number of hydrogen-bond donors (Lipinski definition) is 1. The van der Waals surface area contributed by atoms with Crippen LogP contribution in [0.5, 0.6) is 0 Å². The van der Waals surface area contributed by atoms with E-state index in [4.69, 9.17) is 5.41 Å². The summed E-state index contributed by atoms with van der Waals surface area (Å²) in [5.41, 5.74) is 3.22. The van der Waals surface area contributed by atoms with Crippen LogP contribution in [0, 0.1) is 22.2 Å². The van der Waals surface area contributed by atoms with Crippen LogP contribution in [0.1, 0.15) is 51.2 Å². The predicted molar refractivity (Wildman–Crippen MR) is 81.8 cm³/mol. The van der Waals surface area contributed by atoms with E-state index in [-0.39, 0.29) is 0 Å². The molecule has 1 aromatic rings. The molecular formula is C18H24N2. The van der Waals surface area contributed by atoms with E-state index in [0.717, 1.165) is 23.9 Å². The van der Waals surface area contributed by atoms with E-state index in [2.05, 4.69) is 49.9 Å². The molecule has 2 heteroatoms. The van der Waals surface area contributed by atoms with Gasteiger partial charge in [0.05, 0.1) is 0 Å². The van der Waals surface area contributed by atoms with Gasteiger partial charge in [-0.15, -0.1) is 0 Å². The van der Waals surface area contributed by atoms with Gasteiger partial charge in [0.15, 0.2) is 0 Å². The highest BCUT2D eigenvalue weighted by atomic mass is 15.2. The second-order valence-corrected chi connectivity index (χ2v) is 7.95. The number of nitrogens with zero attached hydrogens (tertiary/aromatic N) is 1. The Morgan fingerprint density at radius 3 is 2.60 bits per heavy atom. The number of fused-ring (bicyclic) bond motifs is 3. The first-order valence-electron chi connectivity index (χ1n) is 7.87. The van der Waals surface area contributed by atoms with Crippen molar-refractivity contribution in [3.63, 3.8) is 0 Å². The minimum absolute atomic E-state index is 0.335. The Bertz CT molecular complexity index is 584. The van der Waals surface area contributed by atoms with Crippen LogP contribution in [0.4, 0.5) is 0 Å². The fraction of sp³-hybridized carbons (Fsp3) is 0.611. The lowest BCUT2D eigenvalue weighted by atomic mass is 9.67. The monoisotopic (exact) mass is 268 g/mol. The smallest absolute Gasteiger partial charge is 0.128 e. The third-order valence-electron chi connectivity index (χ3n) is 6.41. The highest BCUT2D eigenvalue weighted by molar-refractivity contribution is 6.00. The van der Waals surface area contributed by atoms with Gasteiger partial charge in [-0.05, 0) is 41.6 Å². The SMILES string of the molecule is CC12CCC(C1)C(C)(C)C2N1Cc2ccccc2C1=N. The molecule has 2 fully saturated rings. The van der Waals surface area contributed by atoms with E-state index in [1.54, 1.807) is 0 Å². The molecule has 1 heterocycles. The molecule has 0 aromatic heterocycles. The zero-order valence-corrected chi connectivity index (χ0v) is 12.7. The van der Waals surface area contributed by atoms with Crippen LogP contribution in [0.15, 0.2) is 24.3 Å². The molecule has 2 aliphatic carbocycles. The molecule has 2 bridgehead atoms. The van der Waals surface area contributed by atoms with Gasteiger partial charge in [0, 0.05) is 18.2 Å². The van der Waals surface area contributed by atoms with Crippen LogP contribution in [-0.2, 0) is 6.54 Å². The summed E-state index contributed by atoms with van der Waals surface area (Å²) >= 11 is 0. The molecule has 3 aliphatic rings. The van der Waals surface area contributed by atoms with Gasteiger partial charge in [-0.3, -0.25) is 5.41 Å². The van der Waals surface area contributed by atoms with Crippen molar-refractivity contribution in [2.45, 2.75) is 52.6 Å².